The fourth-order valence-electron chi connectivity index (χ4n) is 2.85. The highest BCUT2D eigenvalue weighted by atomic mass is 16.6. The summed E-state index contributed by atoms with van der Waals surface area (Å²) < 4.78 is 10.2. The van der Waals surface area contributed by atoms with Crippen molar-refractivity contribution in [1.29, 1.82) is 0 Å². The summed E-state index contributed by atoms with van der Waals surface area (Å²) in [6.07, 6.45) is -2.30. The van der Waals surface area contributed by atoms with Gasteiger partial charge in [0.25, 0.3) is 0 Å². The molecule has 1 aromatic rings. The van der Waals surface area contributed by atoms with Gasteiger partial charge in [0, 0.05) is 18.9 Å². The summed E-state index contributed by atoms with van der Waals surface area (Å²) in [4.78, 5) is 23.7. The predicted molar refractivity (Wildman–Crippen MR) is 80.5 cm³/mol. The minimum absolute atomic E-state index is 0.0103. The van der Waals surface area contributed by atoms with Crippen LogP contribution in [0.25, 0.3) is 0 Å². The first kappa shape index (κ1) is 18.0. The quantitative estimate of drug-likeness (QED) is 0.565. The molecule has 1 fully saturated rings. The third-order valence-corrected chi connectivity index (χ3v) is 3.79. The second-order valence-corrected chi connectivity index (χ2v) is 6.11. The molecule has 0 aromatic heterocycles. The van der Waals surface area contributed by atoms with Crippen molar-refractivity contribution in [2.24, 2.45) is 0 Å². The number of carbonyl (C=O) groups excluding carboxylic acids is 2. The van der Waals surface area contributed by atoms with Crippen LogP contribution in [0.15, 0.2) is 12.1 Å². The van der Waals surface area contributed by atoms with Crippen molar-refractivity contribution in [3.8, 4) is 11.5 Å². The molecule has 0 amide bonds. The van der Waals surface area contributed by atoms with Crippen molar-refractivity contribution in [2.45, 2.75) is 44.5 Å². The summed E-state index contributed by atoms with van der Waals surface area (Å²) in [5.74, 6) is -2.34. The van der Waals surface area contributed by atoms with E-state index in [1.807, 2.05) is 0 Å². The molecular weight excluding hydrogens is 320 g/mol. The van der Waals surface area contributed by atoms with E-state index in [4.69, 9.17) is 9.47 Å². The third-order valence-electron chi connectivity index (χ3n) is 3.79. The van der Waals surface area contributed by atoms with Crippen molar-refractivity contribution in [3.05, 3.63) is 23.3 Å². The third kappa shape index (κ3) is 3.77. The van der Waals surface area contributed by atoms with Crippen LogP contribution in [0.3, 0.4) is 0 Å². The van der Waals surface area contributed by atoms with Gasteiger partial charge in [0.05, 0.1) is 6.10 Å². The van der Waals surface area contributed by atoms with E-state index in [0.29, 0.717) is 5.56 Å². The van der Waals surface area contributed by atoms with E-state index in [2.05, 4.69) is 0 Å². The van der Waals surface area contributed by atoms with Gasteiger partial charge >= 0.3 is 11.9 Å². The first-order valence-electron chi connectivity index (χ1n) is 7.42. The average molecular weight is 340 g/mol. The molecule has 8 heteroatoms. The maximum absolute atomic E-state index is 12.2. The lowest BCUT2D eigenvalue weighted by Gasteiger charge is -2.28. The van der Waals surface area contributed by atoms with E-state index in [-0.39, 0.29) is 30.8 Å². The standard InChI is InChI=1S/C16H20O8/c1-8-3-10(18)4-11(19)13(8)15(22)23-7-16(5-9(2)17)6-12(20)14(21)24-16/h3-4,9,12,17-20H,5-7H2,1-2H3/t9-,12-,16-/m1/s1. The molecule has 24 heavy (non-hydrogen) atoms. The number of esters is 2. The lowest BCUT2D eigenvalue weighted by atomic mass is 9.93. The highest BCUT2D eigenvalue weighted by Gasteiger charge is 2.48. The van der Waals surface area contributed by atoms with Crippen LogP contribution in [0.5, 0.6) is 11.5 Å². The van der Waals surface area contributed by atoms with Crippen molar-refractivity contribution < 1.29 is 39.5 Å². The molecular formula is C16H20O8. The second-order valence-electron chi connectivity index (χ2n) is 6.11. The summed E-state index contributed by atoms with van der Waals surface area (Å²) in [5, 5.41) is 38.3. The van der Waals surface area contributed by atoms with Crippen LogP contribution in [0.4, 0.5) is 0 Å². The van der Waals surface area contributed by atoms with Crippen molar-refractivity contribution >= 4 is 11.9 Å². The van der Waals surface area contributed by atoms with E-state index in [0.717, 1.165) is 6.07 Å². The van der Waals surface area contributed by atoms with Gasteiger partial charge in [-0.2, -0.15) is 0 Å². The second kappa shape index (κ2) is 6.66. The van der Waals surface area contributed by atoms with Gasteiger partial charge in [0.15, 0.2) is 11.7 Å². The monoisotopic (exact) mass is 340 g/mol. The molecule has 0 radical (unpaired) electrons. The summed E-state index contributed by atoms with van der Waals surface area (Å²) in [6.45, 7) is 2.62. The van der Waals surface area contributed by atoms with Crippen LogP contribution >= 0.6 is 0 Å². The number of ether oxygens (including phenoxy) is 2. The van der Waals surface area contributed by atoms with Crippen molar-refractivity contribution in [2.75, 3.05) is 6.61 Å². The van der Waals surface area contributed by atoms with Gasteiger partial charge in [-0.25, -0.2) is 9.59 Å². The van der Waals surface area contributed by atoms with Gasteiger partial charge < -0.3 is 29.9 Å². The number of aryl methyl sites for hydroxylation is 1. The number of hydrogen-bond donors (Lipinski definition) is 4. The zero-order valence-electron chi connectivity index (χ0n) is 13.4. The Hall–Kier alpha value is -2.32. The highest BCUT2D eigenvalue weighted by Crippen LogP contribution is 2.33. The smallest absolute Gasteiger partial charge is 0.342 e. The van der Waals surface area contributed by atoms with Crippen LogP contribution < -0.4 is 0 Å². The first-order chi connectivity index (χ1) is 11.1. The molecule has 0 spiro atoms. The Bertz CT molecular complexity index is 630. The summed E-state index contributed by atoms with van der Waals surface area (Å²) in [7, 11) is 0. The van der Waals surface area contributed by atoms with Gasteiger partial charge in [0.1, 0.15) is 23.7 Å². The highest BCUT2D eigenvalue weighted by molar-refractivity contribution is 5.94. The van der Waals surface area contributed by atoms with Gasteiger partial charge in [-0.15, -0.1) is 0 Å². The van der Waals surface area contributed by atoms with Gasteiger partial charge in [0.2, 0.25) is 0 Å². The SMILES string of the molecule is Cc1cc(O)cc(O)c1C(=O)OC[C@@]1(C[C@@H](C)O)C[C@@H](O)C(=O)O1. The zero-order chi connectivity index (χ0) is 18.1. The fourth-order valence-corrected chi connectivity index (χ4v) is 2.85. The molecule has 0 unspecified atom stereocenters. The lowest BCUT2D eigenvalue weighted by molar-refractivity contribution is -0.158. The average Bonchev–Trinajstić information content (AvgIpc) is 2.69. The zero-order valence-corrected chi connectivity index (χ0v) is 13.4. The van der Waals surface area contributed by atoms with E-state index in [1.165, 1.54) is 19.9 Å². The Kier molecular flexibility index (Phi) is 5.00. The molecule has 1 heterocycles. The molecule has 1 aliphatic rings. The Morgan fingerprint density at radius 1 is 1.46 bits per heavy atom. The molecule has 0 aliphatic carbocycles. The molecule has 8 nitrogen and oxygen atoms in total. The number of aliphatic hydroxyl groups excluding tert-OH is 2. The summed E-state index contributed by atoms with van der Waals surface area (Å²) in [5.41, 5.74) is -1.13. The van der Waals surface area contributed by atoms with E-state index in [9.17, 15) is 30.0 Å². The van der Waals surface area contributed by atoms with Crippen LogP contribution in [0.1, 0.15) is 35.7 Å². The Morgan fingerprint density at radius 3 is 2.62 bits per heavy atom. The van der Waals surface area contributed by atoms with E-state index < -0.39 is 35.5 Å². The predicted octanol–water partition coefficient (Wildman–Crippen LogP) is 0.381. The maximum atomic E-state index is 12.2. The Labute approximate surface area is 138 Å². The van der Waals surface area contributed by atoms with Crippen molar-refractivity contribution in [3.63, 3.8) is 0 Å². The van der Waals surface area contributed by atoms with Gasteiger partial charge in [-0.05, 0) is 25.5 Å². The fraction of sp³-hybridized carbons (Fsp3) is 0.500. The van der Waals surface area contributed by atoms with Crippen LogP contribution in [-0.4, -0.2) is 56.8 Å². The number of rotatable bonds is 5. The molecule has 2 rings (SSSR count). The molecule has 0 saturated carbocycles. The number of aromatic hydroxyl groups is 2. The number of cyclic esters (lactones) is 1. The van der Waals surface area contributed by atoms with Crippen LogP contribution in [0, 0.1) is 6.92 Å². The van der Waals surface area contributed by atoms with Crippen molar-refractivity contribution in [1.82, 2.24) is 0 Å². The van der Waals surface area contributed by atoms with Gasteiger partial charge in [-0.3, -0.25) is 0 Å². The Morgan fingerprint density at radius 2 is 2.12 bits per heavy atom. The number of hydrogen-bond acceptors (Lipinski definition) is 8. The normalized spacial score (nSPS) is 24.5. The number of phenols is 2. The number of aliphatic hydroxyl groups is 2. The molecule has 0 bridgehead atoms. The maximum Gasteiger partial charge on any atom is 0.342 e. The Balaban J connectivity index is 2.15. The summed E-state index contributed by atoms with van der Waals surface area (Å²) >= 11 is 0. The molecule has 4 N–H and O–H groups in total. The molecule has 1 aromatic carbocycles. The van der Waals surface area contributed by atoms with Crippen LogP contribution in [-0.2, 0) is 14.3 Å². The number of benzene rings is 1. The molecule has 3 atom stereocenters. The number of carbonyl (C=O) groups is 2. The number of phenolic OH excluding ortho intramolecular Hbond substituents is 2. The molecule has 132 valence electrons. The van der Waals surface area contributed by atoms with E-state index >= 15 is 0 Å². The molecule has 1 saturated heterocycles. The van der Waals surface area contributed by atoms with Gasteiger partial charge in [-0.1, -0.05) is 0 Å². The first-order valence-corrected chi connectivity index (χ1v) is 7.42. The molecule has 1 aliphatic heterocycles. The topological polar surface area (TPSA) is 134 Å². The largest absolute Gasteiger partial charge is 0.508 e. The minimum Gasteiger partial charge on any atom is -0.508 e. The van der Waals surface area contributed by atoms with E-state index in [1.54, 1.807) is 0 Å². The van der Waals surface area contributed by atoms with Crippen LogP contribution in [0.2, 0.25) is 0 Å². The summed E-state index contributed by atoms with van der Waals surface area (Å²) in [6, 6.07) is 2.30. The minimum atomic E-state index is -1.34. The lowest BCUT2D eigenvalue weighted by Crippen LogP contribution is -2.38.